The summed E-state index contributed by atoms with van der Waals surface area (Å²) in [5.41, 5.74) is 9.14. The van der Waals surface area contributed by atoms with Crippen molar-refractivity contribution in [3.63, 3.8) is 0 Å². The third-order valence-corrected chi connectivity index (χ3v) is 3.80. The molecule has 0 atom stereocenters. The first-order chi connectivity index (χ1) is 12.0. The number of carbonyl (C=O) groups is 1. The molecular weight excluding hydrogens is 312 g/mol. The first-order valence-electron chi connectivity index (χ1n) is 8.52. The van der Waals surface area contributed by atoms with E-state index in [1.54, 1.807) is 0 Å². The molecular formula is C20H26N4O. The molecule has 0 saturated heterocycles. The fraction of sp³-hybridized carbons (Fsp3) is 0.300. The zero-order chi connectivity index (χ0) is 18.1. The maximum Gasteiger partial charge on any atom is 0.241 e. The Morgan fingerprint density at radius 3 is 2.60 bits per heavy atom. The van der Waals surface area contributed by atoms with Crippen molar-refractivity contribution in [2.24, 2.45) is 10.7 Å². The first-order valence-corrected chi connectivity index (χ1v) is 8.52. The summed E-state index contributed by atoms with van der Waals surface area (Å²) in [7, 11) is 0. The smallest absolute Gasteiger partial charge is 0.241 e. The Morgan fingerprint density at radius 1 is 1.12 bits per heavy atom. The summed E-state index contributed by atoms with van der Waals surface area (Å²) in [6.45, 7) is 4.87. The van der Waals surface area contributed by atoms with Gasteiger partial charge < -0.3 is 16.4 Å². The number of aliphatic imine (C=N–C) groups is 1. The van der Waals surface area contributed by atoms with Gasteiger partial charge in [0, 0.05) is 12.2 Å². The molecule has 5 heteroatoms. The van der Waals surface area contributed by atoms with Gasteiger partial charge in [-0.25, -0.2) is 4.99 Å². The highest BCUT2D eigenvalue weighted by Crippen LogP contribution is 2.18. The summed E-state index contributed by atoms with van der Waals surface area (Å²) >= 11 is 0. The molecule has 0 unspecified atom stereocenters. The van der Waals surface area contributed by atoms with E-state index in [2.05, 4.69) is 35.5 Å². The van der Waals surface area contributed by atoms with Gasteiger partial charge in [0.25, 0.3) is 0 Å². The van der Waals surface area contributed by atoms with E-state index in [-0.39, 0.29) is 18.4 Å². The quantitative estimate of drug-likeness (QED) is 0.536. The Morgan fingerprint density at radius 2 is 1.88 bits per heavy atom. The van der Waals surface area contributed by atoms with Crippen LogP contribution in [0.3, 0.4) is 0 Å². The molecule has 0 aromatic heterocycles. The number of rotatable bonds is 7. The maximum atomic E-state index is 11.8. The van der Waals surface area contributed by atoms with Gasteiger partial charge in [-0.1, -0.05) is 56.3 Å². The summed E-state index contributed by atoms with van der Waals surface area (Å²) in [5, 5.41) is 5.87. The molecule has 0 aliphatic heterocycles. The second-order valence-corrected chi connectivity index (χ2v) is 6.19. The molecule has 0 radical (unpaired) electrons. The van der Waals surface area contributed by atoms with Crippen molar-refractivity contribution in [3.8, 4) is 0 Å². The van der Waals surface area contributed by atoms with Gasteiger partial charge in [0.1, 0.15) is 6.54 Å². The molecule has 132 valence electrons. The Bertz CT molecular complexity index is 711. The zero-order valence-electron chi connectivity index (χ0n) is 14.8. The van der Waals surface area contributed by atoms with E-state index in [4.69, 9.17) is 5.73 Å². The molecule has 1 amide bonds. The van der Waals surface area contributed by atoms with Crippen LogP contribution in [0.5, 0.6) is 0 Å². The van der Waals surface area contributed by atoms with Crippen molar-refractivity contribution in [1.29, 1.82) is 0 Å². The molecule has 0 aliphatic carbocycles. The van der Waals surface area contributed by atoms with Crippen LogP contribution in [0.25, 0.3) is 0 Å². The van der Waals surface area contributed by atoms with E-state index < -0.39 is 0 Å². The number of nitrogens with zero attached hydrogens (tertiary/aromatic N) is 1. The third kappa shape index (κ3) is 6.67. The number of nitrogens with two attached hydrogens (primary N) is 1. The van der Waals surface area contributed by atoms with E-state index in [0.29, 0.717) is 12.5 Å². The molecule has 2 rings (SSSR count). The SMILES string of the molecule is CC(C)c1cccc(NC(N)=NCC(=O)NCCc2ccccc2)c1. The molecule has 5 nitrogen and oxygen atoms in total. The summed E-state index contributed by atoms with van der Waals surface area (Å²) in [4.78, 5) is 15.9. The minimum atomic E-state index is -0.142. The summed E-state index contributed by atoms with van der Waals surface area (Å²) in [6, 6.07) is 18.0. The number of benzene rings is 2. The number of hydrogen-bond donors (Lipinski definition) is 3. The number of carbonyl (C=O) groups excluding carboxylic acids is 1. The lowest BCUT2D eigenvalue weighted by atomic mass is 10.0. The average molecular weight is 338 g/mol. The number of nitrogens with one attached hydrogen (secondary N) is 2. The van der Waals surface area contributed by atoms with Gasteiger partial charge in [-0.15, -0.1) is 0 Å². The van der Waals surface area contributed by atoms with Crippen molar-refractivity contribution in [2.45, 2.75) is 26.2 Å². The Kier molecular flexibility index (Phi) is 7.01. The highest BCUT2D eigenvalue weighted by molar-refractivity contribution is 5.93. The lowest BCUT2D eigenvalue weighted by Gasteiger charge is -2.10. The molecule has 0 saturated carbocycles. The number of amides is 1. The molecule has 0 fully saturated rings. The fourth-order valence-corrected chi connectivity index (χ4v) is 2.37. The molecule has 0 spiro atoms. The second kappa shape index (κ2) is 9.47. The Labute approximate surface area is 149 Å². The van der Waals surface area contributed by atoms with Crippen molar-refractivity contribution >= 4 is 17.6 Å². The lowest BCUT2D eigenvalue weighted by molar-refractivity contribution is -0.119. The molecule has 0 bridgehead atoms. The normalized spacial score (nSPS) is 11.4. The highest BCUT2D eigenvalue weighted by atomic mass is 16.1. The van der Waals surface area contributed by atoms with Crippen LogP contribution < -0.4 is 16.4 Å². The molecule has 0 heterocycles. The van der Waals surface area contributed by atoms with Crippen LogP contribution in [-0.2, 0) is 11.2 Å². The van der Waals surface area contributed by atoms with E-state index in [1.165, 1.54) is 11.1 Å². The molecule has 2 aromatic carbocycles. The van der Waals surface area contributed by atoms with E-state index in [9.17, 15) is 4.79 Å². The van der Waals surface area contributed by atoms with Gasteiger partial charge in [0.15, 0.2) is 5.96 Å². The van der Waals surface area contributed by atoms with Crippen molar-refractivity contribution < 1.29 is 4.79 Å². The monoisotopic (exact) mass is 338 g/mol. The van der Waals surface area contributed by atoms with Gasteiger partial charge in [-0.05, 0) is 35.6 Å². The zero-order valence-corrected chi connectivity index (χ0v) is 14.8. The average Bonchev–Trinajstić information content (AvgIpc) is 2.61. The molecule has 25 heavy (non-hydrogen) atoms. The number of anilines is 1. The minimum Gasteiger partial charge on any atom is -0.370 e. The van der Waals surface area contributed by atoms with E-state index >= 15 is 0 Å². The van der Waals surface area contributed by atoms with Crippen molar-refractivity contribution in [1.82, 2.24) is 5.32 Å². The van der Waals surface area contributed by atoms with Crippen LogP contribution in [-0.4, -0.2) is 25.0 Å². The van der Waals surface area contributed by atoms with Gasteiger partial charge in [0.2, 0.25) is 5.91 Å². The third-order valence-electron chi connectivity index (χ3n) is 3.80. The van der Waals surface area contributed by atoms with Gasteiger partial charge in [-0.3, -0.25) is 4.79 Å². The standard InChI is InChI=1S/C20H26N4O/c1-15(2)17-9-6-10-18(13-17)24-20(21)23-14-19(25)22-12-11-16-7-4-3-5-8-16/h3-10,13,15H,11-12,14H2,1-2H3,(H,22,25)(H3,21,23,24). The van der Waals surface area contributed by atoms with Gasteiger partial charge in [-0.2, -0.15) is 0 Å². The first kappa shape index (κ1) is 18.5. The summed E-state index contributed by atoms with van der Waals surface area (Å²) in [5.74, 6) is 0.533. The fourth-order valence-electron chi connectivity index (χ4n) is 2.37. The topological polar surface area (TPSA) is 79.5 Å². The van der Waals surface area contributed by atoms with Crippen LogP contribution in [0.15, 0.2) is 59.6 Å². The van der Waals surface area contributed by atoms with Gasteiger partial charge in [0.05, 0.1) is 0 Å². The Balaban J connectivity index is 1.76. The molecule has 4 N–H and O–H groups in total. The van der Waals surface area contributed by atoms with Crippen LogP contribution in [0.4, 0.5) is 5.69 Å². The maximum absolute atomic E-state index is 11.8. The minimum absolute atomic E-state index is 0.0114. The molecule has 2 aromatic rings. The van der Waals surface area contributed by atoms with Gasteiger partial charge >= 0.3 is 0 Å². The highest BCUT2D eigenvalue weighted by Gasteiger charge is 2.03. The van der Waals surface area contributed by atoms with Crippen molar-refractivity contribution in [3.05, 3.63) is 65.7 Å². The van der Waals surface area contributed by atoms with Crippen LogP contribution >= 0.6 is 0 Å². The Hall–Kier alpha value is -2.82. The second-order valence-electron chi connectivity index (χ2n) is 6.19. The number of guanidine groups is 1. The predicted octanol–water partition coefficient (Wildman–Crippen LogP) is 2.90. The van der Waals surface area contributed by atoms with Crippen LogP contribution in [0.1, 0.15) is 30.9 Å². The molecule has 0 aliphatic rings. The summed E-state index contributed by atoms with van der Waals surface area (Å²) in [6.07, 6.45) is 0.798. The van der Waals surface area contributed by atoms with E-state index in [0.717, 1.165) is 12.1 Å². The largest absolute Gasteiger partial charge is 0.370 e. The van der Waals surface area contributed by atoms with Crippen LogP contribution in [0.2, 0.25) is 0 Å². The lowest BCUT2D eigenvalue weighted by Crippen LogP contribution is -2.30. The van der Waals surface area contributed by atoms with Crippen LogP contribution in [0, 0.1) is 0 Å². The van der Waals surface area contributed by atoms with E-state index in [1.807, 2.05) is 48.5 Å². The predicted molar refractivity (Wildman–Crippen MR) is 104 cm³/mol. The van der Waals surface area contributed by atoms with Crippen molar-refractivity contribution in [2.75, 3.05) is 18.4 Å². The number of hydrogen-bond acceptors (Lipinski definition) is 2. The summed E-state index contributed by atoms with van der Waals surface area (Å²) < 4.78 is 0.